The molecule has 5 nitrogen and oxygen atoms in total. The molecule has 1 aromatic rings. The molecule has 21 heavy (non-hydrogen) atoms. The van der Waals surface area contributed by atoms with Gasteiger partial charge in [0, 0.05) is 33.8 Å². The summed E-state index contributed by atoms with van der Waals surface area (Å²) in [5.41, 5.74) is 7.63. The molecule has 2 N–H and O–H groups in total. The summed E-state index contributed by atoms with van der Waals surface area (Å²) in [7, 11) is 3.63. The Labute approximate surface area is 138 Å². The molecule has 1 atom stereocenters. The number of methoxy groups -OCH3 is 1. The zero-order valence-electron chi connectivity index (χ0n) is 12.3. The number of benzene rings is 1. The number of hydrogen-bond donors (Lipinski definition) is 1. The Morgan fingerprint density at radius 3 is 2.48 bits per heavy atom. The smallest absolute Gasteiger partial charge is 0.229 e. The normalized spacial score (nSPS) is 14.6. The number of carbonyl (C=O) groups is 1. The average molecular weight is 336 g/mol. The summed E-state index contributed by atoms with van der Waals surface area (Å²) in [6.45, 7) is 1.90. The van der Waals surface area contributed by atoms with Crippen molar-refractivity contribution in [2.75, 3.05) is 43.6 Å². The summed E-state index contributed by atoms with van der Waals surface area (Å²) in [4.78, 5) is 16.4. The molecule has 1 aliphatic heterocycles. The number of halogens is 2. The third kappa shape index (κ3) is 4.48. The van der Waals surface area contributed by atoms with Crippen molar-refractivity contribution in [2.45, 2.75) is 12.5 Å². The molecule has 0 radical (unpaired) electrons. The van der Waals surface area contributed by atoms with Crippen LogP contribution in [0, 0.1) is 0 Å². The Hall–Kier alpha value is -1.01. The van der Waals surface area contributed by atoms with Crippen molar-refractivity contribution in [1.29, 1.82) is 0 Å². The van der Waals surface area contributed by atoms with Gasteiger partial charge < -0.3 is 20.3 Å². The third-order valence-electron chi connectivity index (χ3n) is 3.54. The highest BCUT2D eigenvalue weighted by Gasteiger charge is 2.26. The van der Waals surface area contributed by atoms with Gasteiger partial charge in [0.2, 0.25) is 5.91 Å². The fraction of sp³-hybridized carbons (Fsp3) is 0.500. The van der Waals surface area contributed by atoms with Crippen molar-refractivity contribution < 1.29 is 9.53 Å². The van der Waals surface area contributed by atoms with E-state index in [1.165, 1.54) is 0 Å². The SMILES string of the molecule is COC(CN)CC(=O)N1CCN(C)c2ccccc21.Cl.Cl. The number of carbonyl (C=O) groups excluding carboxylic acids is 1. The maximum atomic E-state index is 12.4. The molecule has 1 unspecified atom stereocenters. The Morgan fingerprint density at radius 1 is 1.29 bits per heavy atom. The number of ether oxygens (including phenoxy) is 1. The molecular weight excluding hydrogens is 313 g/mol. The third-order valence-corrected chi connectivity index (χ3v) is 3.54. The summed E-state index contributed by atoms with van der Waals surface area (Å²) in [6, 6.07) is 7.95. The first-order chi connectivity index (χ1) is 9.17. The maximum Gasteiger partial charge on any atom is 0.229 e. The molecular formula is C14H23Cl2N3O2. The fourth-order valence-electron chi connectivity index (χ4n) is 2.33. The summed E-state index contributed by atoms with van der Waals surface area (Å²) in [6.07, 6.45) is 0.115. The van der Waals surface area contributed by atoms with Crippen molar-refractivity contribution in [2.24, 2.45) is 5.73 Å². The van der Waals surface area contributed by atoms with E-state index in [-0.39, 0.29) is 36.8 Å². The number of fused-ring (bicyclic) bond motifs is 1. The van der Waals surface area contributed by atoms with E-state index in [0.29, 0.717) is 19.5 Å². The Bertz CT molecular complexity index is 456. The molecule has 0 aromatic heterocycles. The first-order valence-corrected chi connectivity index (χ1v) is 6.50. The van der Waals surface area contributed by atoms with Crippen LogP contribution in [0.25, 0.3) is 0 Å². The van der Waals surface area contributed by atoms with Gasteiger partial charge in [0.25, 0.3) is 0 Å². The van der Waals surface area contributed by atoms with E-state index in [2.05, 4.69) is 4.90 Å². The Kier molecular flexibility index (Phi) is 8.66. The molecule has 0 spiro atoms. The second kappa shape index (κ2) is 9.10. The highest BCUT2D eigenvalue weighted by molar-refractivity contribution is 5.98. The van der Waals surface area contributed by atoms with E-state index in [0.717, 1.165) is 17.9 Å². The maximum absolute atomic E-state index is 12.4. The quantitative estimate of drug-likeness (QED) is 0.909. The standard InChI is InChI=1S/C14H21N3O2.2ClH/c1-16-7-8-17(13-6-4-3-5-12(13)16)14(18)9-11(10-15)19-2;;/h3-6,11H,7-10,15H2,1-2H3;2*1H. The first kappa shape index (κ1) is 20.0. The zero-order chi connectivity index (χ0) is 13.8. The molecule has 1 aromatic carbocycles. The monoisotopic (exact) mass is 335 g/mol. The van der Waals surface area contributed by atoms with Crippen LogP contribution in [0.3, 0.4) is 0 Å². The second-order valence-electron chi connectivity index (χ2n) is 4.75. The summed E-state index contributed by atoms with van der Waals surface area (Å²) < 4.78 is 5.19. The van der Waals surface area contributed by atoms with Crippen molar-refractivity contribution >= 4 is 42.1 Å². The van der Waals surface area contributed by atoms with Crippen molar-refractivity contribution in [3.05, 3.63) is 24.3 Å². The topological polar surface area (TPSA) is 58.8 Å². The van der Waals surface area contributed by atoms with Crippen LogP contribution in [-0.4, -0.2) is 45.8 Å². The van der Waals surface area contributed by atoms with Crippen molar-refractivity contribution in [1.82, 2.24) is 0 Å². The number of nitrogens with zero attached hydrogens (tertiary/aromatic N) is 2. The predicted molar refractivity (Wildman–Crippen MR) is 91.0 cm³/mol. The molecule has 1 amide bonds. The van der Waals surface area contributed by atoms with Gasteiger partial charge in [-0.1, -0.05) is 12.1 Å². The average Bonchev–Trinajstić information content (AvgIpc) is 2.45. The van der Waals surface area contributed by atoms with E-state index < -0.39 is 0 Å². The molecule has 0 bridgehead atoms. The van der Waals surface area contributed by atoms with Gasteiger partial charge >= 0.3 is 0 Å². The van der Waals surface area contributed by atoms with E-state index in [4.69, 9.17) is 10.5 Å². The van der Waals surface area contributed by atoms with Crippen LogP contribution >= 0.6 is 24.8 Å². The highest BCUT2D eigenvalue weighted by atomic mass is 35.5. The van der Waals surface area contributed by atoms with Crippen molar-refractivity contribution in [3.63, 3.8) is 0 Å². The highest BCUT2D eigenvalue weighted by Crippen LogP contribution is 2.32. The zero-order valence-corrected chi connectivity index (χ0v) is 14.0. The Morgan fingerprint density at radius 2 is 1.90 bits per heavy atom. The largest absolute Gasteiger partial charge is 0.380 e. The first-order valence-electron chi connectivity index (χ1n) is 6.50. The van der Waals surface area contributed by atoms with Gasteiger partial charge in [0.1, 0.15) is 0 Å². The van der Waals surface area contributed by atoms with Crippen molar-refractivity contribution in [3.8, 4) is 0 Å². The van der Waals surface area contributed by atoms with Crippen LogP contribution in [0.1, 0.15) is 6.42 Å². The number of rotatable bonds is 4. The fourth-order valence-corrected chi connectivity index (χ4v) is 2.33. The van der Waals surface area contributed by atoms with Gasteiger partial charge in [-0.2, -0.15) is 0 Å². The number of nitrogens with two attached hydrogens (primary N) is 1. The number of likely N-dealkylation sites (N-methyl/N-ethyl adjacent to an activating group) is 1. The van der Waals surface area contributed by atoms with E-state index in [1.54, 1.807) is 7.11 Å². The second-order valence-corrected chi connectivity index (χ2v) is 4.75. The van der Waals surface area contributed by atoms with E-state index >= 15 is 0 Å². The van der Waals surface area contributed by atoms with Gasteiger partial charge in [-0.25, -0.2) is 0 Å². The molecule has 0 saturated carbocycles. The number of para-hydroxylation sites is 2. The molecule has 1 aliphatic rings. The molecule has 2 rings (SSSR count). The van der Waals surface area contributed by atoms with Crippen LogP contribution in [0.15, 0.2) is 24.3 Å². The van der Waals surface area contributed by atoms with Crippen LogP contribution in [0.2, 0.25) is 0 Å². The Balaban J connectivity index is 0.00000200. The van der Waals surface area contributed by atoms with E-state index in [1.807, 2.05) is 36.2 Å². The molecule has 0 aliphatic carbocycles. The summed E-state index contributed by atoms with van der Waals surface area (Å²) >= 11 is 0. The lowest BCUT2D eigenvalue weighted by Gasteiger charge is -2.36. The van der Waals surface area contributed by atoms with Gasteiger partial charge in [-0.05, 0) is 12.1 Å². The van der Waals surface area contributed by atoms with Gasteiger partial charge in [-0.15, -0.1) is 24.8 Å². The van der Waals surface area contributed by atoms with Crippen LogP contribution < -0.4 is 15.5 Å². The molecule has 7 heteroatoms. The number of amides is 1. The van der Waals surface area contributed by atoms with Gasteiger partial charge in [0.15, 0.2) is 0 Å². The molecule has 0 saturated heterocycles. The lowest BCUT2D eigenvalue weighted by molar-refractivity contribution is -0.120. The molecule has 1 heterocycles. The summed E-state index contributed by atoms with van der Waals surface area (Å²) in [5.74, 6) is 0.0675. The minimum Gasteiger partial charge on any atom is -0.380 e. The predicted octanol–water partition coefficient (Wildman–Crippen LogP) is 1.68. The van der Waals surface area contributed by atoms with Gasteiger partial charge in [0.05, 0.1) is 23.9 Å². The van der Waals surface area contributed by atoms with Crippen LogP contribution in [-0.2, 0) is 9.53 Å². The van der Waals surface area contributed by atoms with Crippen LogP contribution in [0.5, 0.6) is 0 Å². The number of anilines is 2. The lowest BCUT2D eigenvalue weighted by Crippen LogP contribution is -2.44. The van der Waals surface area contributed by atoms with E-state index in [9.17, 15) is 4.79 Å². The molecule has 120 valence electrons. The van der Waals surface area contributed by atoms with Gasteiger partial charge in [-0.3, -0.25) is 4.79 Å². The molecule has 0 fully saturated rings. The summed E-state index contributed by atoms with van der Waals surface area (Å²) in [5, 5.41) is 0. The van der Waals surface area contributed by atoms with Crippen LogP contribution in [0.4, 0.5) is 11.4 Å². The minimum atomic E-state index is -0.209. The lowest BCUT2D eigenvalue weighted by atomic mass is 10.1. The number of hydrogen-bond acceptors (Lipinski definition) is 4. The minimum absolute atomic E-state index is 0.